The van der Waals surface area contributed by atoms with Gasteiger partial charge in [0.05, 0.1) is 12.4 Å². The van der Waals surface area contributed by atoms with E-state index in [1.807, 2.05) is 26.0 Å². The highest BCUT2D eigenvalue weighted by atomic mass is 32.2. The Balaban J connectivity index is 1.22. The number of hydrogen-bond acceptors (Lipinski definition) is 8. The largest absolute Gasteiger partial charge is 0.488 e. The highest BCUT2D eigenvalue weighted by Crippen LogP contribution is 2.36. The van der Waals surface area contributed by atoms with Gasteiger partial charge in [-0.25, -0.2) is 12.7 Å². The zero-order chi connectivity index (χ0) is 30.4. The van der Waals surface area contributed by atoms with Crippen LogP contribution in [-0.2, 0) is 21.2 Å². The fourth-order valence-electron chi connectivity index (χ4n) is 6.73. The molecule has 1 saturated heterocycles. The highest BCUT2D eigenvalue weighted by molar-refractivity contribution is 7.89. The van der Waals surface area contributed by atoms with Crippen molar-refractivity contribution in [3.05, 3.63) is 49.3 Å². The smallest absolute Gasteiger partial charge is 0.272 e. The number of anilines is 2. The predicted molar refractivity (Wildman–Crippen MR) is 164 cm³/mol. The van der Waals surface area contributed by atoms with Crippen molar-refractivity contribution in [3.63, 3.8) is 0 Å². The average molecular weight is 599 g/mol. The first-order chi connectivity index (χ1) is 19.9. The number of aryl methyl sites for hydroxylation is 2. The molecule has 5 rings (SSSR count). The second-order valence-corrected chi connectivity index (χ2v) is 14.4. The van der Waals surface area contributed by atoms with Gasteiger partial charge in [0.1, 0.15) is 17.1 Å². The molecule has 42 heavy (non-hydrogen) atoms. The quantitative estimate of drug-likeness (QED) is 0.440. The molecular formula is C31H42N4O6S. The maximum absolute atomic E-state index is 13.4. The Morgan fingerprint density at radius 1 is 1.05 bits per heavy atom. The molecular weight excluding hydrogens is 556 g/mol. The first kappa shape index (κ1) is 30.4. The summed E-state index contributed by atoms with van der Waals surface area (Å²) in [5.41, 5.74) is 1.68. The zero-order valence-corrected chi connectivity index (χ0v) is 26.1. The minimum Gasteiger partial charge on any atom is -0.488 e. The van der Waals surface area contributed by atoms with Gasteiger partial charge in [-0.2, -0.15) is 0 Å². The zero-order valence-electron chi connectivity index (χ0n) is 25.3. The summed E-state index contributed by atoms with van der Waals surface area (Å²) < 4.78 is 33.6. The second-order valence-electron chi connectivity index (χ2n) is 12.3. The van der Waals surface area contributed by atoms with Crippen molar-refractivity contribution in [2.24, 2.45) is 16.8 Å². The lowest BCUT2D eigenvalue weighted by atomic mass is 9.82. The summed E-state index contributed by atoms with van der Waals surface area (Å²) in [6.07, 6.45) is 5.50. The van der Waals surface area contributed by atoms with Crippen LogP contribution in [0.4, 0.5) is 11.4 Å². The van der Waals surface area contributed by atoms with E-state index in [1.54, 1.807) is 18.9 Å². The summed E-state index contributed by atoms with van der Waals surface area (Å²) in [6, 6.07) is 3.79. The van der Waals surface area contributed by atoms with Gasteiger partial charge in [0, 0.05) is 31.7 Å². The SMILES string of the molecule is CCOc1c(N(C)c2cc(C)c(CCS(=O)(=O)N3CCC4(CC3)N=C(C3CCC(C)CC3)NC4=O)c(C)c2)c(=O)c1=O. The van der Waals surface area contributed by atoms with E-state index in [2.05, 4.69) is 12.2 Å². The minimum absolute atomic E-state index is 0.0372. The van der Waals surface area contributed by atoms with Crippen molar-refractivity contribution in [1.82, 2.24) is 9.62 Å². The molecule has 1 saturated carbocycles. The van der Waals surface area contributed by atoms with Crippen molar-refractivity contribution < 1.29 is 17.9 Å². The summed E-state index contributed by atoms with van der Waals surface area (Å²) >= 11 is 0. The first-order valence-corrected chi connectivity index (χ1v) is 16.7. The van der Waals surface area contributed by atoms with Crippen LogP contribution in [-0.4, -0.2) is 62.5 Å². The van der Waals surface area contributed by atoms with Crippen LogP contribution in [0.15, 0.2) is 26.7 Å². The lowest BCUT2D eigenvalue weighted by molar-refractivity contribution is -0.125. The van der Waals surface area contributed by atoms with Crippen molar-refractivity contribution in [2.75, 3.05) is 37.4 Å². The van der Waals surface area contributed by atoms with Crippen molar-refractivity contribution in [2.45, 2.75) is 78.2 Å². The first-order valence-electron chi connectivity index (χ1n) is 15.1. The maximum atomic E-state index is 13.4. The Hall–Kier alpha value is -3.05. The number of nitrogens with zero attached hydrogens (tertiary/aromatic N) is 3. The minimum atomic E-state index is -3.54. The molecule has 2 heterocycles. The van der Waals surface area contributed by atoms with E-state index in [0.717, 1.165) is 53.9 Å². The predicted octanol–water partition coefficient (Wildman–Crippen LogP) is 3.13. The summed E-state index contributed by atoms with van der Waals surface area (Å²) in [6.45, 7) is 8.71. The lowest BCUT2D eigenvalue weighted by Gasteiger charge is -2.34. The van der Waals surface area contributed by atoms with E-state index in [4.69, 9.17) is 9.73 Å². The van der Waals surface area contributed by atoms with E-state index in [1.165, 1.54) is 4.31 Å². The molecule has 10 nitrogen and oxygen atoms in total. The second kappa shape index (κ2) is 11.6. The molecule has 1 N–H and O–H groups in total. The number of amidine groups is 1. The van der Waals surface area contributed by atoms with Gasteiger partial charge in [-0.1, -0.05) is 19.8 Å². The van der Waals surface area contributed by atoms with Gasteiger partial charge in [0.15, 0.2) is 5.75 Å². The summed E-state index contributed by atoms with van der Waals surface area (Å²) in [5.74, 6) is 1.78. The van der Waals surface area contributed by atoms with Crippen LogP contribution >= 0.6 is 0 Å². The van der Waals surface area contributed by atoms with Crippen LogP contribution in [0.3, 0.4) is 0 Å². The molecule has 0 radical (unpaired) electrons. The van der Waals surface area contributed by atoms with Crippen molar-refractivity contribution >= 4 is 33.1 Å². The number of aliphatic imine (C=N–C) groups is 1. The molecule has 2 aromatic carbocycles. The fourth-order valence-corrected chi connectivity index (χ4v) is 8.19. The Labute approximate surface area is 247 Å². The number of amides is 1. The number of ether oxygens (including phenoxy) is 1. The van der Waals surface area contributed by atoms with E-state index in [0.29, 0.717) is 31.1 Å². The third-order valence-electron chi connectivity index (χ3n) is 9.49. The maximum Gasteiger partial charge on any atom is 0.272 e. The third kappa shape index (κ3) is 5.53. The van der Waals surface area contributed by atoms with Crippen LogP contribution in [0, 0.1) is 25.7 Å². The van der Waals surface area contributed by atoms with Gasteiger partial charge in [-0.15, -0.1) is 0 Å². The van der Waals surface area contributed by atoms with Gasteiger partial charge in [0.2, 0.25) is 10.0 Å². The van der Waals surface area contributed by atoms with E-state index >= 15 is 0 Å². The van der Waals surface area contributed by atoms with Crippen LogP contribution < -0.4 is 25.8 Å². The standard InChI is InChI=1S/C31H42N4O6S/c1-6-41-28-25(26(36)27(28)37)34(5)23-17-20(3)24(21(4)18-23)11-16-42(39,40)35-14-12-31(13-15-35)30(38)32-29(33-31)22-9-7-19(2)8-10-22/h17-19,22H,6-16H2,1-5H3,(H,32,33,38). The van der Waals surface area contributed by atoms with Crippen molar-refractivity contribution in [3.8, 4) is 5.75 Å². The highest BCUT2D eigenvalue weighted by Gasteiger charge is 2.48. The van der Waals surface area contributed by atoms with E-state index < -0.39 is 26.4 Å². The normalized spacial score (nSPS) is 22.8. The van der Waals surface area contributed by atoms with Gasteiger partial charge in [-0.3, -0.25) is 19.4 Å². The number of carbonyl (C=O) groups is 1. The molecule has 2 aromatic rings. The fraction of sp³-hybridized carbons (Fsp3) is 0.613. The summed E-state index contributed by atoms with van der Waals surface area (Å²) in [7, 11) is -1.83. The third-order valence-corrected chi connectivity index (χ3v) is 11.4. The molecule has 3 aliphatic rings. The summed E-state index contributed by atoms with van der Waals surface area (Å²) in [5, 5.41) is 3.05. The molecule has 2 aliphatic heterocycles. The number of carbonyl (C=O) groups excluding carboxylic acids is 1. The molecule has 228 valence electrons. The van der Waals surface area contributed by atoms with Gasteiger partial charge in [-0.05, 0) is 87.6 Å². The van der Waals surface area contributed by atoms with E-state index in [9.17, 15) is 22.8 Å². The monoisotopic (exact) mass is 598 g/mol. The van der Waals surface area contributed by atoms with Crippen LogP contribution in [0.5, 0.6) is 5.75 Å². The van der Waals surface area contributed by atoms with Crippen LogP contribution in [0.2, 0.25) is 0 Å². The molecule has 1 spiro atoms. The molecule has 0 aromatic heterocycles. The number of hydrogen-bond donors (Lipinski definition) is 1. The number of rotatable bonds is 9. The molecule has 0 unspecified atom stereocenters. The number of nitrogens with one attached hydrogen (secondary N) is 1. The Kier molecular flexibility index (Phi) is 8.37. The number of sulfonamides is 1. The Bertz CT molecular complexity index is 1550. The van der Waals surface area contributed by atoms with Gasteiger partial charge in [0.25, 0.3) is 16.8 Å². The lowest BCUT2D eigenvalue weighted by Crippen LogP contribution is -2.51. The topological polar surface area (TPSA) is 125 Å². The molecule has 2 fully saturated rings. The number of benzene rings is 1. The van der Waals surface area contributed by atoms with Crippen molar-refractivity contribution in [1.29, 1.82) is 0 Å². The van der Waals surface area contributed by atoms with Gasteiger partial charge >= 0.3 is 0 Å². The summed E-state index contributed by atoms with van der Waals surface area (Å²) in [4.78, 5) is 43.7. The molecule has 1 amide bonds. The molecule has 0 atom stereocenters. The van der Waals surface area contributed by atoms with E-state index in [-0.39, 0.29) is 42.8 Å². The Morgan fingerprint density at radius 2 is 1.67 bits per heavy atom. The Morgan fingerprint density at radius 3 is 2.26 bits per heavy atom. The van der Waals surface area contributed by atoms with Crippen LogP contribution in [0.25, 0.3) is 0 Å². The molecule has 0 bridgehead atoms. The molecule has 1 aliphatic carbocycles. The average Bonchev–Trinajstić information content (AvgIpc) is 3.27. The molecule has 11 heteroatoms. The number of piperidine rings is 1. The van der Waals surface area contributed by atoms with Gasteiger partial charge < -0.3 is 15.0 Å². The van der Waals surface area contributed by atoms with Crippen LogP contribution in [0.1, 0.15) is 69.1 Å².